The minimum atomic E-state index is 0. The van der Waals surface area contributed by atoms with Gasteiger partial charge >= 0.3 is 0 Å². The van der Waals surface area contributed by atoms with Crippen LogP contribution in [0.25, 0.3) is 22.8 Å². The van der Waals surface area contributed by atoms with E-state index in [4.69, 9.17) is 15.0 Å². The van der Waals surface area contributed by atoms with E-state index in [2.05, 4.69) is 10.1 Å². The van der Waals surface area contributed by atoms with Crippen molar-refractivity contribution >= 4 is 12.4 Å². The van der Waals surface area contributed by atoms with Crippen molar-refractivity contribution in [1.82, 2.24) is 10.1 Å². The molecule has 1 aromatic heterocycles. The zero-order valence-corrected chi connectivity index (χ0v) is 15.1. The fourth-order valence-corrected chi connectivity index (χ4v) is 2.25. The van der Waals surface area contributed by atoms with Crippen LogP contribution in [0.4, 0.5) is 0 Å². The van der Waals surface area contributed by atoms with Gasteiger partial charge in [-0.05, 0) is 37.1 Å². The Morgan fingerprint density at radius 2 is 1.56 bits per heavy atom. The van der Waals surface area contributed by atoms with Gasteiger partial charge in [0.25, 0.3) is 5.89 Å². The molecule has 0 unspecified atom stereocenters. The summed E-state index contributed by atoms with van der Waals surface area (Å²) < 4.78 is 11.0. The van der Waals surface area contributed by atoms with Crippen LogP contribution >= 0.6 is 12.4 Å². The Bertz CT molecular complexity index is 783. The summed E-state index contributed by atoms with van der Waals surface area (Å²) in [6.45, 7) is 5.16. The zero-order chi connectivity index (χ0) is 16.9. The molecule has 132 valence electrons. The summed E-state index contributed by atoms with van der Waals surface area (Å²) in [7, 11) is 0. The molecular weight excluding hydrogens is 338 g/mol. The van der Waals surface area contributed by atoms with Crippen molar-refractivity contribution in [3.05, 3.63) is 59.7 Å². The molecule has 0 bridgehead atoms. The normalized spacial score (nSPS) is 10.7. The van der Waals surface area contributed by atoms with Crippen molar-refractivity contribution in [2.75, 3.05) is 0 Å². The van der Waals surface area contributed by atoms with Crippen LogP contribution in [0.3, 0.4) is 0 Å². The van der Waals surface area contributed by atoms with Crippen LogP contribution in [-0.2, 0) is 17.9 Å². The van der Waals surface area contributed by atoms with Crippen molar-refractivity contribution in [1.29, 1.82) is 0 Å². The molecule has 2 aromatic carbocycles. The molecule has 25 heavy (non-hydrogen) atoms. The Kier molecular flexibility index (Phi) is 6.70. The maximum atomic E-state index is 5.61. The number of ether oxygens (including phenoxy) is 1. The zero-order valence-electron chi connectivity index (χ0n) is 14.3. The average Bonchev–Trinajstić information content (AvgIpc) is 3.10. The number of benzene rings is 2. The molecule has 0 fully saturated rings. The molecule has 0 radical (unpaired) electrons. The second kappa shape index (κ2) is 8.76. The van der Waals surface area contributed by atoms with Crippen molar-refractivity contribution in [2.24, 2.45) is 5.73 Å². The molecule has 0 aliphatic rings. The van der Waals surface area contributed by atoms with Gasteiger partial charge in [-0.1, -0.05) is 41.6 Å². The van der Waals surface area contributed by atoms with Crippen molar-refractivity contribution < 1.29 is 9.26 Å². The lowest BCUT2D eigenvalue weighted by atomic mass is 10.1. The lowest BCUT2D eigenvalue weighted by molar-refractivity contribution is 0.0657. The summed E-state index contributed by atoms with van der Waals surface area (Å²) >= 11 is 0. The summed E-state index contributed by atoms with van der Waals surface area (Å²) in [6.07, 6.45) is 0.217. The summed E-state index contributed by atoms with van der Waals surface area (Å²) in [5.41, 5.74) is 9.59. The van der Waals surface area contributed by atoms with Crippen LogP contribution in [0.1, 0.15) is 25.0 Å². The number of nitrogens with zero attached hydrogens (tertiary/aromatic N) is 2. The largest absolute Gasteiger partial charge is 0.374 e. The predicted octanol–water partition coefficient (Wildman–Crippen LogP) is 4.21. The van der Waals surface area contributed by atoms with E-state index >= 15 is 0 Å². The first-order valence-corrected chi connectivity index (χ1v) is 7.99. The average molecular weight is 360 g/mol. The van der Waals surface area contributed by atoms with E-state index in [0.717, 1.165) is 22.3 Å². The third-order valence-corrected chi connectivity index (χ3v) is 3.66. The number of halogens is 1. The smallest absolute Gasteiger partial charge is 0.258 e. The molecule has 0 aliphatic heterocycles. The van der Waals surface area contributed by atoms with Crippen LogP contribution < -0.4 is 5.73 Å². The van der Waals surface area contributed by atoms with Gasteiger partial charge in [0, 0.05) is 17.7 Å². The number of rotatable bonds is 6. The second-order valence-corrected chi connectivity index (χ2v) is 5.88. The summed E-state index contributed by atoms with van der Waals surface area (Å²) in [4.78, 5) is 4.47. The lowest BCUT2D eigenvalue weighted by Gasteiger charge is -2.07. The van der Waals surface area contributed by atoms with Crippen molar-refractivity contribution in [3.8, 4) is 22.8 Å². The quantitative estimate of drug-likeness (QED) is 0.713. The second-order valence-electron chi connectivity index (χ2n) is 5.88. The first-order valence-electron chi connectivity index (χ1n) is 7.99. The molecule has 0 saturated carbocycles. The van der Waals surface area contributed by atoms with Crippen LogP contribution in [0.5, 0.6) is 0 Å². The van der Waals surface area contributed by atoms with Gasteiger partial charge in [0.15, 0.2) is 0 Å². The van der Waals surface area contributed by atoms with E-state index in [0.29, 0.717) is 24.9 Å². The third kappa shape index (κ3) is 4.89. The van der Waals surface area contributed by atoms with E-state index in [1.165, 1.54) is 0 Å². The van der Waals surface area contributed by atoms with Gasteiger partial charge in [-0.15, -0.1) is 12.4 Å². The molecule has 0 amide bonds. The third-order valence-electron chi connectivity index (χ3n) is 3.66. The van der Waals surface area contributed by atoms with Gasteiger partial charge in [0.2, 0.25) is 5.82 Å². The molecular formula is C19H22ClN3O2. The molecule has 5 nitrogen and oxygen atoms in total. The molecule has 2 N–H and O–H groups in total. The maximum Gasteiger partial charge on any atom is 0.258 e. The van der Waals surface area contributed by atoms with Crippen LogP contribution in [0.2, 0.25) is 0 Å². The van der Waals surface area contributed by atoms with Crippen LogP contribution in [0.15, 0.2) is 53.1 Å². The van der Waals surface area contributed by atoms with E-state index in [1.807, 2.05) is 62.4 Å². The van der Waals surface area contributed by atoms with Gasteiger partial charge in [0.1, 0.15) is 0 Å². The summed E-state index contributed by atoms with van der Waals surface area (Å²) in [5.74, 6) is 1.07. The fourth-order valence-electron chi connectivity index (χ4n) is 2.25. The van der Waals surface area contributed by atoms with Gasteiger partial charge in [-0.2, -0.15) is 4.98 Å². The maximum absolute atomic E-state index is 5.61. The Labute approximate surface area is 153 Å². The summed E-state index contributed by atoms with van der Waals surface area (Å²) in [6, 6.07) is 15.8. The molecule has 1 heterocycles. The van der Waals surface area contributed by atoms with E-state index in [9.17, 15) is 0 Å². The number of hydrogen-bond acceptors (Lipinski definition) is 5. The number of hydrogen-bond donors (Lipinski definition) is 1. The molecule has 0 saturated heterocycles. The van der Waals surface area contributed by atoms with Crippen LogP contribution in [-0.4, -0.2) is 16.2 Å². The Morgan fingerprint density at radius 3 is 2.16 bits per heavy atom. The summed E-state index contributed by atoms with van der Waals surface area (Å²) in [5, 5.41) is 4.06. The van der Waals surface area contributed by atoms with Gasteiger partial charge in [0.05, 0.1) is 12.7 Å². The molecule has 6 heteroatoms. The molecule has 0 spiro atoms. The first-order chi connectivity index (χ1) is 11.7. The van der Waals surface area contributed by atoms with E-state index < -0.39 is 0 Å². The number of aromatic nitrogens is 2. The fraction of sp³-hybridized carbons (Fsp3) is 0.263. The number of nitrogens with two attached hydrogens (primary N) is 1. The van der Waals surface area contributed by atoms with Crippen molar-refractivity contribution in [2.45, 2.75) is 33.1 Å². The lowest BCUT2D eigenvalue weighted by Crippen LogP contribution is -2.01. The van der Waals surface area contributed by atoms with E-state index in [1.54, 1.807) is 0 Å². The predicted molar refractivity (Wildman–Crippen MR) is 100 cm³/mol. The minimum Gasteiger partial charge on any atom is -0.374 e. The standard InChI is InChI=1S/C19H21N3O2.ClH/c1-13(2)23-12-15-5-9-17(10-6-15)19-21-18(22-24-19)16-7-3-14(11-20)4-8-16;/h3-10,13H,11-12,20H2,1-2H3;1H. The topological polar surface area (TPSA) is 74.2 Å². The monoisotopic (exact) mass is 359 g/mol. The first kappa shape index (κ1) is 19.1. The SMILES string of the molecule is CC(C)OCc1ccc(-c2nc(-c3ccc(CN)cc3)no2)cc1.Cl. The minimum absolute atomic E-state index is 0. The molecule has 0 atom stereocenters. The molecule has 3 rings (SSSR count). The molecule has 0 aliphatic carbocycles. The highest BCUT2D eigenvalue weighted by atomic mass is 35.5. The van der Waals surface area contributed by atoms with Gasteiger partial charge in [-0.25, -0.2) is 0 Å². The van der Waals surface area contributed by atoms with E-state index in [-0.39, 0.29) is 18.5 Å². The molecule has 3 aromatic rings. The Morgan fingerprint density at radius 1 is 0.960 bits per heavy atom. The Hall–Kier alpha value is -2.21. The Balaban J connectivity index is 0.00000225. The highest BCUT2D eigenvalue weighted by molar-refractivity contribution is 5.85. The van der Waals surface area contributed by atoms with Gasteiger partial charge in [-0.3, -0.25) is 0 Å². The van der Waals surface area contributed by atoms with Gasteiger partial charge < -0.3 is 15.0 Å². The highest BCUT2D eigenvalue weighted by Crippen LogP contribution is 2.23. The van der Waals surface area contributed by atoms with Crippen molar-refractivity contribution in [3.63, 3.8) is 0 Å². The van der Waals surface area contributed by atoms with Crippen LogP contribution in [0, 0.1) is 0 Å². The highest BCUT2D eigenvalue weighted by Gasteiger charge is 2.10.